The molecule has 1 atom stereocenters. The average molecular weight is 265 g/mol. The maximum atomic E-state index is 10.4. The number of nitrogen functional groups attached to an aromatic ring is 1. The minimum atomic E-state index is -0.605. The van der Waals surface area contributed by atoms with E-state index in [2.05, 4.69) is 9.97 Å². The zero-order chi connectivity index (χ0) is 13.9. The topological polar surface area (TPSA) is 72.0 Å². The first kappa shape index (κ1) is 12.6. The highest BCUT2D eigenvalue weighted by Crippen LogP contribution is 2.23. The molecule has 2 aromatic heterocycles. The van der Waals surface area contributed by atoms with Gasteiger partial charge >= 0.3 is 0 Å². The quantitative estimate of drug-likeness (QED) is 0.763. The fourth-order valence-electron chi connectivity index (χ4n) is 2.25. The second-order valence-electron chi connectivity index (χ2n) is 4.72. The number of nitrogens with zero attached hydrogens (tertiary/aromatic N) is 2. The predicted octanol–water partition coefficient (Wildman–Crippen LogP) is 2.49. The summed E-state index contributed by atoms with van der Waals surface area (Å²) in [5.41, 5.74) is 8.43. The summed E-state index contributed by atoms with van der Waals surface area (Å²) in [6.07, 6.45) is 3.25. The number of aromatic nitrogens is 2. The maximum absolute atomic E-state index is 10.4. The zero-order valence-corrected chi connectivity index (χ0v) is 10.9. The van der Waals surface area contributed by atoms with Gasteiger partial charge in [-0.1, -0.05) is 18.2 Å². The summed E-state index contributed by atoms with van der Waals surface area (Å²) in [6, 6.07) is 13.3. The number of fused-ring (bicyclic) bond motifs is 1. The molecule has 0 amide bonds. The summed E-state index contributed by atoms with van der Waals surface area (Å²) in [5, 5.41) is 11.4. The first-order chi connectivity index (χ1) is 9.74. The van der Waals surface area contributed by atoms with Crippen molar-refractivity contribution < 1.29 is 5.11 Å². The summed E-state index contributed by atoms with van der Waals surface area (Å²) in [6.45, 7) is 0. The summed E-state index contributed by atoms with van der Waals surface area (Å²) >= 11 is 0. The molecule has 20 heavy (non-hydrogen) atoms. The van der Waals surface area contributed by atoms with Crippen LogP contribution in [0.15, 0.2) is 54.9 Å². The molecule has 0 bridgehead atoms. The summed E-state index contributed by atoms with van der Waals surface area (Å²) < 4.78 is 0. The van der Waals surface area contributed by atoms with Crippen LogP contribution in [0.5, 0.6) is 0 Å². The number of aliphatic hydroxyl groups is 1. The Morgan fingerprint density at radius 2 is 1.85 bits per heavy atom. The Balaban J connectivity index is 1.89. The van der Waals surface area contributed by atoms with Gasteiger partial charge in [-0.15, -0.1) is 0 Å². The van der Waals surface area contributed by atoms with Gasteiger partial charge in [0, 0.05) is 24.2 Å². The molecular formula is C16H15N3O. The van der Waals surface area contributed by atoms with Crippen molar-refractivity contribution in [2.45, 2.75) is 12.5 Å². The molecule has 0 aliphatic rings. The molecule has 0 saturated heterocycles. The van der Waals surface area contributed by atoms with E-state index >= 15 is 0 Å². The molecule has 2 heterocycles. The molecule has 0 aliphatic carbocycles. The maximum Gasteiger partial charge on any atom is 0.126 e. The van der Waals surface area contributed by atoms with Gasteiger partial charge in [0.2, 0.25) is 0 Å². The lowest BCUT2D eigenvalue weighted by molar-refractivity contribution is 0.178. The Morgan fingerprint density at radius 1 is 1.05 bits per heavy atom. The third-order valence-corrected chi connectivity index (χ3v) is 3.35. The molecule has 0 aliphatic heterocycles. The van der Waals surface area contributed by atoms with E-state index in [1.54, 1.807) is 12.4 Å². The van der Waals surface area contributed by atoms with Crippen LogP contribution < -0.4 is 5.73 Å². The van der Waals surface area contributed by atoms with Crippen molar-refractivity contribution in [1.82, 2.24) is 9.97 Å². The van der Waals surface area contributed by atoms with Crippen molar-refractivity contribution >= 4 is 16.7 Å². The van der Waals surface area contributed by atoms with Crippen molar-refractivity contribution in [2.75, 3.05) is 5.73 Å². The highest BCUT2D eigenvalue weighted by molar-refractivity contribution is 5.79. The van der Waals surface area contributed by atoms with Crippen molar-refractivity contribution in [2.24, 2.45) is 0 Å². The third-order valence-electron chi connectivity index (χ3n) is 3.35. The number of aliphatic hydroxyl groups excluding tert-OH is 1. The largest absolute Gasteiger partial charge is 0.388 e. The summed E-state index contributed by atoms with van der Waals surface area (Å²) in [5.74, 6) is 0.467. The lowest BCUT2D eigenvalue weighted by Gasteiger charge is -2.12. The van der Waals surface area contributed by atoms with Crippen LogP contribution in [0.25, 0.3) is 10.9 Å². The van der Waals surface area contributed by atoms with Crippen molar-refractivity contribution in [3.8, 4) is 0 Å². The fraction of sp³-hybridized carbons (Fsp3) is 0.125. The van der Waals surface area contributed by atoms with Crippen LogP contribution in [-0.2, 0) is 6.42 Å². The van der Waals surface area contributed by atoms with Crippen LogP contribution in [0.1, 0.15) is 17.2 Å². The van der Waals surface area contributed by atoms with E-state index in [1.807, 2.05) is 42.5 Å². The Morgan fingerprint density at radius 3 is 2.70 bits per heavy atom. The van der Waals surface area contributed by atoms with Gasteiger partial charge in [0.15, 0.2) is 0 Å². The highest BCUT2D eigenvalue weighted by Gasteiger charge is 2.11. The lowest BCUT2D eigenvalue weighted by atomic mass is 10.0. The van der Waals surface area contributed by atoms with Gasteiger partial charge in [-0.2, -0.15) is 0 Å². The second-order valence-corrected chi connectivity index (χ2v) is 4.72. The predicted molar refractivity (Wildman–Crippen MR) is 79.1 cm³/mol. The molecule has 100 valence electrons. The summed E-state index contributed by atoms with van der Waals surface area (Å²) in [4.78, 5) is 8.30. The number of anilines is 1. The Hall–Kier alpha value is -2.46. The van der Waals surface area contributed by atoms with E-state index in [0.29, 0.717) is 12.2 Å². The monoisotopic (exact) mass is 265 g/mol. The normalized spacial score (nSPS) is 12.4. The number of benzene rings is 1. The first-order valence-electron chi connectivity index (χ1n) is 6.46. The Labute approximate surface area is 116 Å². The molecule has 0 radical (unpaired) electrons. The molecule has 4 heteroatoms. The van der Waals surface area contributed by atoms with Crippen LogP contribution >= 0.6 is 0 Å². The lowest BCUT2D eigenvalue weighted by Crippen LogP contribution is -2.05. The van der Waals surface area contributed by atoms with Crippen LogP contribution in [-0.4, -0.2) is 15.1 Å². The van der Waals surface area contributed by atoms with Gasteiger partial charge in [0.25, 0.3) is 0 Å². The van der Waals surface area contributed by atoms with E-state index in [0.717, 1.165) is 22.0 Å². The van der Waals surface area contributed by atoms with Gasteiger partial charge in [0.05, 0.1) is 11.6 Å². The van der Waals surface area contributed by atoms with E-state index in [9.17, 15) is 5.11 Å². The van der Waals surface area contributed by atoms with Crippen LogP contribution in [0, 0.1) is 0 Å². The van der Waals surface area contributed by atoms with Gasteiger partial charge in [-0.3, -0.25) is 4.98 Å². The van der Waals surface area contributed by atoms with Crippen LogP contribution in [0.3, 0.4) is 0 Å². The number of pyridine rings is 2. The molecule has 3 N–H and O–H groups in total. The van der Waals surface area contributed by atoms with Crippen LogP contribution in [0.4, 0.5) is 5.82 Å². The second kappa shape index (κ2) is 5.27. The SMILES string of the molecule is Nc1ncccc1CC(O)c1ccc2ncccc2c1. The number of nitrogens with two attached hydrogens (primary N) is 1. The zero-order valence-electron chi connectivity index (χ0n) is 10.9. The Bertz CT molecular complexity index is 742. The van der Waals surface area contributed by atoms with Crippen LogP contribution in [0.2, 0.25) is 0 Å². The molecule has 4 nitrogen and oxygen atoms in total. The fourth-order valence-corrected chi connectivity index (χ4v) is 2.25. The van der Waals surface area contributed by atoms with E-state index in [4.69, 9.17) is 5.73 Å². The molecule has 1 aromatic carbocycles. The standard InChI is InChI=1S/C16H15N3O/c17-16-13(4-2-8-19-16)10-15(20)12-5-6-14-11(9-12)3-1-7-18-14/h1-9,15,20H,10H2,(H2,17,19). The number of hydrogen-bond donors (Lipinski definition) is 2. The minimum absolute atomic E-state index is 0.450. The Kier molecular flexibility index (Phi) is 3.31. The molecule has 0 spiro atoms. The molecule has 1 unspecified atom stereocenters. The van der Waals surface area contributed by atoms with Crippen molar-refractivity contribution in [1.29, 1.82) is 0 Å². The smallest absolute Gasteiger partial charge is 0.126 e. The first-order valence-corrected chi connectivity index (χ1v) is 6.46. The van der Waals surface area contributed by atoms with Gasteiger partial charge < -0.3 is 10.8 Å². The molecule has 3 aromatic rings. The van der Waals surface area contributed by atoms with Gasteiger partial charge in [0.1, 0.15) is 5.82 Å². The molecule has 0 saturated carbocycles. The summed E-state index contributed by atoms with van der Waals surface area (Å²) in [7, 11) is 0. The number of hydrogen-bond acceptors (Lipinski definition) is 4. The average Bonchev–Trinajstić information content (AvgIpc) is 2.49. The molecule has 0 fully saturated rings. The number of rotatable bonds is 3. The molecule has 3 rings (SSSR count). The molecular weight excluding hydrogens is 250 g/mol. The van der Waals surface area contributed by atoms with E-state index in [-0.39, 0.29) is 0 Å². The van der Waals surface area contributed by atoms with Crippen molar-refractivity contribution in [3.63, 3.8) is 0 Å². The van der Waals surface area contributed by atoms with Crippen molar-refractivity contribution in [3.05, 3.63) is 66.0 Å². The highest BCUT2D eigenvalue weighted by atomic mass is 16.3. The van der Waals surface area contributed by atoms with E-state index < -0.39 is 6.10 Å². The third kappa shape index (κ3) is 2.46. The van der Waals surface area contributed by atoms with Gasteiger partial charge in [-0.05, 0) is 35.4 Å². The van der Waals surface area contributed by atoms with Gasteiger partial charge in [-0.25, -0.2) is 4.98 Å². The minimum Gasteiger partial charge on any atom is -0.388 e. The van der Waals surface area contributed by atoms with E-state index in [1.165, 1.54) is 0 Å².